The van der Waals surface area contributed by atoms with Gasteiger partial charge in [-0.15, -0.1) is 11.3 Å². The van der Waals surface area contributed by atoms with Gasteiger partial charge in [-0.05, 0) is 12.1 Å². The summed E-state index contributed by atoms with van der Waals surface area (Å²) in [6, 6.07) is 9.32. The van der Waals surface area contributed by atoms with Gasteiger partial charge in [0.1, 0.15) is 5.75 Å². The first kappa shape index (κ1) is 10.2. The number of aromatic hydroxyl groups is 1. The Bertz CT molecular complexity index is 630. The molecule has 2 heterocycles. The molecule has 0 atom stereocenters. The predicted molar refractivity (Wildman–Crippen MR) is 68.3 cm³/mol. The van der Waals surface area contributed by atoms with Crippen LogP contribution in [0.3, 0.4) is 0 Å². The Morgan fingerprint density at radius 1 is 1.18 bits per heavy atom. The van der Waals surface area contributed by atoms with E-state index in [-0.39, 0.29) is 0 Å². The van der Waals surface area contributed by atoms with E-state index in [1.165, 1.54) is 0 Å². The molecule has 1 N–H and O–H groups in total. The first-order chi connectivity index (χ1) is 8.33. The van der Waals surface area contributed by atoms with E-state index in [1.54, 1.807) is 29.8 Å². The van der Waals surface area contributed by atoms with Gasteiger partial charge in [-0.1, -0.05) is 18.2 Å². The van der Waals surface area contributed by atoms with Gasteiger partial charge in [-0.2, -0.15) is 0 Å². The average molecular weight is 242 g/mol. The van der Waals surface area contributed by atoms with Crippen molar-refractivity contribution in [1.82, 2.24) is 9.97 Å². The van der Waals surface area contributed by atoms with Gasteiger partial charge in [0.05, 0.1) is 21.4 Å². The summed E-state index contributed by atoms with van der Waals surface area (Å²) >= 11 is 1.64. The summed E-state index contributed by atoms with van der Waals surface area (Å²) in [4.78, 5) is 8.54. The van der Waals surface area contributed by atoms with Crippen molar-refractivity contribution in [2.24, 2.45) is 0 Å². The second-order valence-electron chi connectivity index (χ2n) is 3.76. The number of phenolic OH excluding ortho intramolecular Hbond substituents is 1. The zero-order chi connectivity index (χ0) is 11.7. The molecule has 0 fully saturated rings. The number of fused-ring (bicyclic) bond motifs is 1. The number of rotatable bonds is 2. The minimum absolute atomic E-state index is 0.324. The minimum Gasteiger partial charge on any atom is -0.508 e. The fraction of sp³-hybridized carbons (Fsp3) is 0.0769. The van der Waals surface area contributed by atoms with Crippen LogP contribution in [0.1, 0.15) is 10.6 Å². The maximum atomic E-state index is 9.71. The van der Waals surface area contributed by atoms with Gasteiger partial charge in [-0.25, -0.2) is 4.98 Å². The highest BCUT2D eigenvalue weighted by atomic mass is 32.1. The standard InChI is InChI=1S/C13H10N2OS/c16-11-4-2-1-3-9(11)7-13-15-10-8-14-6-5-12(10)17-13/h1-6,8,16H,7H2. The number of phenols is 1. The van der Waals surface area contributed by atoms with Crippen LogP contribution in [0.15, 0.2) is 42.7 Å². The molecule has 0 radical (unpaired) electrons. The molecular weight excluding hydrogens is 232 g/mol. The summed E-state index contributed by atoms with van der Waals surface area (Å²) in [7, 11) is 0. The number of benzene rings is 1. The molecule has 4 heteroatoms. The fourth-order valence-corrected chi connectivity index (χ4v) is 2.68. The lowest BCUT2D eigenvalue weighted by atomic mass is 10.1. The lowest BCUT2D eigenvalue weighted by Crippen LogP contribution is -1.87. The number of pyridine rings is 1. The molecule has 0 spiro atoms. The first-order valence-corrected chi connectivity index (χ1v) is 6.11. The molecule has 0 aliphatic heterocycles. The van der Waals surface area contributed by atoms with Crippen LogP contribution in [0.25, 0.3) is 10.2 Å². The van der Waals surface area contributed by atoms with Crippen LogP contribution in [-0.4, -0.2) is 15.1 Å². The molecule has 3 aromatic rings. The monoisotopic (exact) mass is 242 g/mol. The molecule has 17 heavy (non-hydrogen) atoms. The third-order valence-corrected chi connectivity index (χ3v) is 3.60. The van der Waals surface area contributed by atoms with Crippen molar-refractivity contribution in [2.75, 3.05) is 0 Å². The normalized spacial score (nSPS) is 10.8. The molecule has 0 unspecified atom stereocenters. The smallest absolute Gasteiger partial charge is 0.119 e. The quantitative estimate of drug-likeness (QED) is 0.751. The van der Waals surface area contributed by atoms with E-state index in [1.807, 2.05) is 24.3 Å². The van der Waals surface area contributed by atoms with Crippen LogP contribution in [0.2, 0.25) is 0 Å². The lowest BCUT2D eigenvalue weighted by molar-refractivity contribution is 0.469. The zero-order valence-corrected chi connectivity index (χ0v) is 9.81. The Hall–Kier alpha value is -1.94. The Balaban J connectivity index is 1.98. The van der Waals surface area contributed by atoms with Crippen LogP contribution in [0, 0.1) is 0 Å². The van der Waals surface area contributed by atoms with Crippen molar-refractivity contribution >= 4 is 21.6 Å². The highest BCUT2D eigenvalue weighted by Crippen LogP contribution is 2.25. The Morgan fingerprint density at radius 2 is 2.06 bits per heavy atom. The molecule has 0 bridgehead atoms. The van der Waals surface area contributed by atoms with E-state index in [9.17, 15) is 5.11 Å². The average Bonchev–Trinajstić information content (AvgIpc) is 2.74. The molecule has 0 saturated heterocycles. The molecule has 0 aliphatic carbocycles. The topological polar surface area (TPSA) is 46.0 Å². The number of hydrogen-bond donors (Lipinski definition) is 1. The maximum Gasteiger partial charge on any atom is 0.119 e. The van der Waals surface area contributed by atoms with E-state index in [4.69, 9.17) is 0 Å². The van der Waals surface area contributed by atoms with Crippen LogP contribution in [0.4, 0.5) is 0 Å². The van der Waals surface area contributed by atoms with Crippen LogP contribution in [-0.2, 0) is 6.42 Å². The summed E-state index contributed by atoms with van der Waals surface area (Å²) < 4.78 is 1.13. The highest BCUT2D eigenvalue weighted by Gasteiger charge is 2.06. The first-order valence-electron chi connectivity index (χ1n) is 5.29. The fourth-order valence-electron chi connectivity index (χ4n) is 1.73. The second-order valence-corrected chi connectivity index (χ2v) is 4.87. The molecule has 84 valence electrons. The summed E-state index contributed by atoms with van der Waals surface area (Å²) in [6.45, 7) is 0. The number of thiazole rings is 1. The van der Waals surface area contributed by atoms with Crippen molar-refractivity contribution < 1.29 is 5.11 Å². The van der Waals surface area contributed by atoms with E-state index < -0.39 is 0 Å². The third-order valence-electron chi connectivity index (χ3n) is 2.57. The number of hydrogen-bond acceptors (Lipinski definition) is 4. The van der Waals surface area contributed by atoms with Gasteiger partial charge in [0, 0.05) is 18.2 Å². The van der Waals surface area contributed by atoms with Crippen molar-refractivity contribution in [3.05, 3.63) is 53.3 Å². The number of nitrogens with zero attached hydrogens (tertiary/aromatic N) is 2. The van der Waals surface area contributed by atoms with E-state index in [2.05, 4.69) is 9.97 Å². The Labute approximate surface area is 102 Å². The van der Waals surface area contributed by atoms with Gasteiger partial charge in [0.15, 0.2) is 0 Å². The predicted octanol–water partition coefficient (Wildman–Crippen LogP) is 2.99. The van der Waals surface area contributed by atoms with Crippen LogP contribution >= 0.6 is 11.3 Å². The van der Waals surface area contributed by atoms with Gasteiger partial charge in [0.25, 0.3) is 0 Å². The molecule has 2 aromatic heterocycles. The molecule has 0 amide bonds. The number of para-hydroxylation sites is 1. The van der Waals surface area contributed by atoms with Gasteiger partial charge in [-0.3, -0.25) is 4.98 Å². The summed E-state index contributed by atoms with van der Waals surface area (Å²) in [5, 5.41) is 10.7. The Morgan fingerprint density at radius 3 is 2.88 bits per heavy atom. The molecular formula is C13H10N2OS. The molecule has 1 aromatic carbocycles. The van der Waals surface area contributed by atoms with E-state index in [0.717, 1.165) is 20.8 Å². The van der Waals surface area contributed by atoms with Crippen molar-refractivity contribution in [1.29, 1.82) is 0 Å². The zero-order valence-electron chi connectivity index (χ0n) is 9.00. The molecule has 0 aliphatic rings. The summed E-state index contributed by atoms with van der Waals surface area (Å²) in [6.07, 6.45) is 4.19. The van der Waals surface area contributed by atoms with E-state index in [0.29, 0.717) is 12.2 Å². The van der Waals surface area contributed by atoms with Crippen molar-refractivity contribution in [2.45, 2.75) is 6.42 Å². The molecule has 3 nitrogen and oxygen atoms in total. The van der Waals surface area contributed by atoms with Gasteiger partial charge in [0.2, 0.25) is 0 Å². The van der Waals surface area contributed by atoms with Crippen molar-refractivity contribution in [3.63, 3.8) is 0 Å². The highest BCUT2D eigenvalue weighted by molar-refractivity contribution is 7.18. The summed E-state index contributed by atoms with van der Waals surface area (Å²) in [5.41, 5.74) is 1.82. The van der Waals surface area contributed by atoms with Crippen LogP contribution in [0.5, 0.6) is 5.75 Å². The van der Waals surface area contributed by atoms with Gasteiger partial charge < -0.3 is 5.11 Å². The Kier molecular flexibility index (Phi) is 2.49. The maximum absolute atomic E-state index is 9.71. The SMILES string of the molecule is Oc1ccccc1Cc1nc2cnccc2s1. The molecule has 3 rings (SSSR count). The largest absolute Gasteiger partial charge is 0.508 e. The summed E-state index contributed by atoms with van der Waals surface area (Å²) in [5.74, 6) is 0.324. The van der Waals surface area contributed by atoms with Crippen LogP contribution < -0.4 is 0 Å². The van der Waals surface area contributed by atoms with Crippen molar-refractivity contribution in [3.8, 4) is 5.75 Å². The molecule has 0 saturated carbocycles. The lowest BCUT2D eigenvalue weighted by Gasteiger charge is -2.00. The second kappa shape index (κ2) is 4.14. The van der Waals surface area contributed by atoms with Gasteiger partial charge >= 0.3 is 0 Å². The minimum atomic E-state index is 0.324. The number of aromatic nitrogens is 2. The third kappa shape index (κ3) is 1.99. The van der Waals surface area contributed by atoms with E-state index >= 15 is 0 Å².